The number of carbonyl (C=O) groups is 2. The summed E-state index contributed by atoms with van der Waals surface area (Å²) in [6, 6.07) is 6.64. The van der Waals surface area contributed by atoms with E-state index in [1.54, 1.807) is 12.1 Å². The summed E-state index contributed by atoms with van der Waals surface area (Å²) in [5.74, 6) is 0. The number of carbonyl (C=O) groups excluding carboxylic acids is 1. The van der Waals surface area contributed by atoms with E-state index in [9.17, 15) is 36.3 Å². The Morgan fingerprint density at radius 1 is 1.14 bits per heavy atom. The maximum absolute atomic E-state index is 12.8. The van der Waals surface area contributed by atoms with E-state index in [-0.39, 0.29) is 23.5 Å². The maximum Gasteiger partial charge on any atom is 0.416 e. The van der Waals surface area contributed by atoms with E-state index in [0.29, 0.717) is 8.95 Å². The molecule has 2 aromatic rings. The van der Waals surface area contributed by atoms with Gasteiger partial charge in [0.1, 0.15) is 6.61 Å². The number of likely N-dealkylation sites (tertiary alicyclic amines) is 1. The number of carboxylic acid groups (broad SMARTS) is 1. The molecule has 0 bridgehead atoms. The number of hydrogen-bond donors (Lipinski definition) is 3. The van der Waals surface area contributed by atoms with Gasteiger partial charge in [0.05, 0.1) is 16.5 Å². The van der Waals surface area contributed by atoms with E-state index >= 15 is 0 Å². The lowest BCUT2D eigenvalue weighted by Crippen LogP contribution is -2.40. The van der Waals surface area contributed by atoms with Gasteiger partial charge in [0, 0.05) is 27.2 Å². The second-order valence-corrected chi connectivity index (χ2v) is 11.0. The molecule has 0 spiro atoms. The first-order valence-electron chi connectivity index (χ1n) is 9.84. The van der Waals surface area contributed by atoms with Crippen LogP contribution < -0.4 is 10.0 Å². The lowest BCUT2D eigenvalue weighted by atomic mass is 10.2. The molecule has 1 heterocycles. The van der Waals surface area contributed by atoms with Crippen molar-refractivity contribution in [3.05, 3.63) is 57.0 Å². The van der Waals surface area contributed by atoms with Gasteiger partial charge < -0.3 is 14.7 Å². The molecule has 15 heteroatoms. The first-order chi connectivity index (χ1) is 16.3. The van der Waals surface area contributed by atoms with Crippen LogP contribution in [0.4, 0.5) is 28.4 Å². The van der Waals surface area contributed by atoms with Crippen LogP contribution in [0.3, 0.4) is 0 Å². The average molecular weight is 645 g/mol. The van der Waals surface area contributed by atoms with E-state index < -0.39 is 52.6 Å². The Morgan fingerprint density at radius 2 is 1.80 bits per heavy atom. The van der Waals surface area contributed by atoms with Crippen LogP contribution in [0.15, 0.2) is 56.3 Å². The normalized spacial score (nSPS) is 18.4. The number of anilines is 1. The first kappa shape index (κ1) is 27.2. The smallest absolute Gasteiger partial charge is 0.416 e. The molecule has 1 saturated heterocycles. The molecule has 35 heavy (non-hydrogen) atoms. The van der Waals surface area contributed by atoms with Crippen molar-refractivity contribution in [2.75, 3.05) is 18.5 Å². The fraction of sp³-hybridized carbons (Fsp3) is 0.300. The maximum atomic E-state index is 12.8. The number of hydrogen-bond acceptors (Lipinski definition) is 5. The number of amides is 2. The summed E-state index contributed by atoms with van der Waals surface area (Å²) in [7, 11) is -4.00. The number of nitrogens with zero attached hydrogens (tertiary/aromatic N) is 1. The van der Waals surface area contributed by atoms with Crippen LogP contribution in [-0.2, 0) is 20.9 Å². The minimum absolute atomic E-state index is 0.0325. The van der Waals surface area contributed by atoms with Gasteiger partial charge in [-0.25, -0.2) is 22.7 Å². The summed E-state index contributed by atoms with van der Waals surface area (Å²) in [6.45, 7) is -0.563. The molecule has 3 N–H and O–H groups in total. The number of benzene rings is 2. The monoisotopic (exact) mass is 643 g/mol. The molecule has 1 aliphatic heterocycles. The van der Waals surface area contributed by atoms with Gasteiger partial charge in [-0.3, -0.25) is 5.32 Å². The lowest BCUT2D eigenvalue weighted by Gasteiger charge is -2.20. The van der Waals surface area contributed by atoms with Crippen molar-refractivity contribution >= 4 is 59.8 Å². The Bertz CT molecular complexity index is 1210. The number of sulfonamides is 1. The van der Waals surface area contributed by atoms with E-state index in [1.807, 2.05) is 0 Å². The van der Waals surface area contributed by atoms with Gasteiger partial charge in [-0.2, -0.15) is 13.2 Å². The van der Waals surface area contributed by atoms with E-state index in [2.05, 4.69) is 41.9 Å². The van der Waals surface area contributed by atoms with Gasteiger partial charge >= 0.3 is 18.4 Å². The summed E-state index contributed by atoms with van der Waals surface area (Å²) >= 11 is 6.39. The topological polar surface area (TPSA) is 125 Å². The van der Waals surface area contributed by atoms with Crippen molar-refractivity contribution in [2.24, 2.45) is 0 Å². The lowest BCUT2D eigenvalue weighted by molar-refractivity contribution is -0.137. The molecule has 1 aliphatic rings. The summed E-state index contributed by atoms with van der Waals surface area (Å²) in [4.78, 5) is 24.6. The largest absolute Gasteiger partial charge is 0.465 e. The molecule has 2 aromatic carbocycles. The van der Waals surface area contributed by atoms with Crippen LogP contribution in [0, 0.1) is 0 Å². The van der Waals surface area contributed by atoms with Crippen LogP contribution in [0.25, 0.3) is 0 Å². The Hall–Kier alpha value is -2.36. The molecular formula is C20H18Br2F3N3O6S. The van der Waals surface area contributed by atoms with Crippen molar-refractivity contribution in [1.29, 1.82) is 0 Å². The molecule has 2 atom stereocenters. The molecule has 0 unspecified atom stereocenters. The fourth-order valence-corrected chi connectivity index (χ4v) is 6.17. The predicted molar refractivity (Wildman–Crippen MR) is 126 cm³/mol. The highest BCUT2D eigenvalue weighted by Gasteiger charge is 2.38. The molecule has 2 amide bonds. The van der Waals surface area contributed by atoms with Gasteiger partial charge in [0.2, 0.25) is 10.0 Å². The third-order valence-corrected chi connectivity index (χ3v) is 8.04. The SMILES string of the molecule is O=C(Nc1ccc(C(F)(F)F)cc1)OC[C@H]1C[C@@H](NS(=O)(=O)c2cc(Br)ccc2Br)CN1C(=O)O. The van der Waals surface area contributed by atoms with Gasteiger partial charge in [0.15, 0.2) is 0 Å². The van der Waals surface area contributed by atoms with Gasteiger partial charge in [-0.1, -0.05) is 15.9 Å². The Balaban J connectivity index is 1.61. The second kappa shape index (κ2) is 10.7. The zero-order valence-electron chi connectivity index (χ0n) is 17.6. The van der Waals surface area contributed by atoms with Crippen molar-refractivity contribution < 1.29 is 41.0 Å². The van der Waals surface area contributed by atoms with Crippen LogP contribution in [-0.4, -0.2) is 55.8 Å². The highest BCUT2D eigenvalue weighted by Crippen LogP contribution is 2.30. The van der Waals surface area contributed by atoms with Crippen molar-refractivity contribution in [2.45, 2.75) is 29.6 Å². The number of halogens is 5. The molecule has 0 saturated carbocycles. The van der Waals surface area contributed by atoms with Crippen molar-refractivity contribution in [1.82, 2.24) is 9.62 Å². The minimum atomic E-state index is -4.52. The first-order valence-corrected chi connectivity index (χ1v) is 12.9. The zero-order chi connectivity index (χ0) is 26.0. The third kappa shape index (κ3) is 7.08. The van der Waals surface area contributed by atoms with Crippen LogP contribution in [0.5, 0.6) is 0 Å². The summed E-state index contributed by atoms with van der Waals surface area (Å²) in [5, 5.41) is 11.7. The number of alkyl halides is 3. The number of nitrogens with one attached hydrogen (secondary N) is 2. The molecular weight excluding hydrogens is 627 g/mol. The van der Waals surface area contributed by atoms with Crippen molar-refractivity contribution in [3.63, 3.8) is 0 Å². The van der Waals surface area contributed by atoms with Gasteiger partial charge in [-0.05, 0) is 64.8 Å². The number of rotatable bonds is 6. The molecule has 9 nitrogen and oxygen atoms in total. The second-order valence-electron chi connectivity index (χ2n) is 7.52. The Kier molecular flexibility index (Phi) is 8.34. The summed E-state index contributed by atoms with van der Waals surface area (Å²) < 4.78 is 71.9. The van der Waals surface area contributed by atoms with E-state index in [1.165, 1.54) is 6.07 Å². The molecule has 0 radical (unpaired) electrons. The molecule has 1 fully saturated rings. The van der Waals surface area contributed by atoms with Crippen LogP contribution in [0.2, 0.25) is 0 Å². The third-order valence-electron chi connectivity index (χ3n) is 5.03. The predicted octanol–water partition coefficient (Wildman–Crippen LogP) is 4.88. The van der Waals surface area contributed by atoms with Crippen LogP contribution >= 0.6 is 31.9 Å². The number of ether oxygens (including phenoxy) is 1. The fourth-order valence-electron chi connectivity index (χ4n) is 3.43. The zero-order valence-corrected chi connectivity index (χ0v) is 21.5. The molecule has 0 aromatic heterocycles. The highest BCUT2D eigenvalue weighted by molar-refractivity contribution is 9.11. The Morgan fingerprint density at radius 3 is 2.40 bits per heavy atom. The van der Waals surface area contributed by atoms with Crippen molar-refractivity contribution in [3.8, 4) is 0 Å². The van der Waals surface area contributed by atoms with Gasteiger partial charge in [-0.15, -0.1) is 0 Å². The van der Waals surface area contributed by atoms with Crippen LogP contribution in [0.1, 0.15) is 12.0 Å². The Labute approximate surface area is 214 Å². The van der Waals surface area contributed by atoms with Gasteiger partial charge in [0.25, 0.3) is 0 Å². The summed E-state index contributed by atoms with van der Waals surface area (Å²) in [5.41, 5.74) is -0.836. The van der Waals surface area contributed by atoms with E-state index in [4.69, 9.17) is 4.74 Å². The minimum Gasteiger partial charge on any atom is -0.465 e. The molecule has 3 rings (SSSR count). The standard InChI is InChI=1S/C20H18Br2F3N3O6S/c21-12-3-6-16(22)17(7-12)35(32,33)27-14-8-15(28(9-14)19(30)31)10-34-18(29)26-13-4-1-11(2-5-13)20(23,24)25/h1-7,14-15,27H,8-10H2,(H,26,29)(H,30,31)/t14-,15-/m1/s1. The van der Waals surface area contributed by atoms with E-state index in [0.717, 1.165) is 29.2 Å². The quantitative estimate of drug-likeness (QED) is 0.412. The average Bonchev–Trinajstić information content (AvgIpc) is 3.16. The summed E-state index contributed by atoms with van der Waals surface area (Å²) in [6.07, 6.45) is -6.82. The molecule has 0 aliphatic carbocycles. The highest BCUT2D eigenvalue weighted by atomic mass is 79.9. The molecule has 190 valence electrons.